The summed E-state index contributed by atoms with van der Waals surface area (Å²) in [5, 5.41) is 0. The number of esters is 1. The largest absolute Gasteiger partial charge is 0.449 e. The van der Waals surface area contributed by atoms with Gasteiger partial charge in [-0.3, -0.25) is 0 Å². The van der Waals surface area contributed by atoms with E-state index in [4.69, 9.17) is 4.74 Å². The van der Waals surface area contributed by atoms with Crippen LogP contribution in [-0.2, 0) is 4.74 Å². The zero-order chi connectivity index (χ0) is 11.8. The van der Waals surface area contributed by atoms with Crippen LogP contribution in [0.4, 0.5) is 0 Å². The van der Waals surface area contributed by atoms with Crippen LogP contribution in [0.25, 0.3) is 0 Å². The van der Waals surface area contributed by atoms with E-state index in [2.05, 4.69) is 6.07 Å². The maximum absolute atomic E-state index is 11.7. The van der Waals surface area contributed by atoms with Crippen LogP contribution in [0.3, 0.4) is 0 Å². The molecule has 3 rings (SSSR count). The van der Waals surface area contributed by atoms with E-state index < -0.39 is 0 Å². The number of hydrogen-bond acceptors (Lipinski definition) is 2. The van der Waals surface area contributed by atoms with Crippen LogP contribution in [0.2, 0.25) is 0 Å². The molecule has 0 aromatic heterocycles. The van der Waals surface area contributed by atoms with Crippen LogP contribution in [0.5, 0.6) is 0 Å². The first-order valence-corrected chi connectivity index (χ1v) is 5.62. The predicted octanol–water partition coefficient (Wildman–Crippen LogP) is 3.25. The first-order valence-electron chi connectivity index (χ1n) is 5.62. The number of carbonyl (C=O) groups excluding carboxylic acids is 1. The predicted molar refractivity (Wildman–Crippen MR) is 64.9 cm³/mol. The molecule has 0 radical (unpaired) electrons. The fraction of sp³-hybridized carbons (Fsp3) is 0.133. The van der Waals surface area contributed by atoms with Crippen LogP contribution < -0.4 is 0 Å². The van der Waals surface area contributed by atoms with Gasteiger partial charge in [0.2, 0.25) is 0 Å². The molecule has 2 heteroatoms. The molecular weight excluding hydrogens is 212 g/mol. The maximum atomic E-state index is 11.7. The van der Waals surface area contributed by atoms with Crippen molar-refractivity contribution in [2.24, 2.45) is 0 Å². The number of cyclic esters (lactones) is 1. The standard InChI is InChI=1S/C15H12O2/c1-10-5-4-6-11(9-10)14-12-7-2-3-8-13(12)15(16)17-14/h2-9,14H,1H3/t14-/m0/s1. The van der Waals surface area contributed by atoms with Gasteiger partial charge < -0.3 is 4.74 Å². The van der Waals surface area contributed by atoms with Crippen molar-refractivity contribution in [2.45, 2.75) is 13.0 Å². The Morgan fingerprint density at radius 1 is 1.06 bits per heavy atom. The quantitative estimate of drug-likeness (QED) is 0.695. The van der Waals surface area contributed by atoms with Crippen LogP contribution in [0.1, 0.15) is 33.2 Å². The molecule has 0 fully saturated rings. The highest BCUT2D eigenvalue weighted by molar-refractivity contribution is 5.94. The highest BCUT2D eigenvalue weighted by atomic mass is 16.5. The number of carbonyl (C=O) groups is 1. The Morgan fingerprint density at radius 3 is 2.71 bits per heavy atom. The third-order valence-electron chi connectivity index (χ3n) is 3.03. The van der Waals surface area contributed by atoms with Crippen molar-refractivity contribution in [1.29, 1.82) is 0 Å². The molecular formula is C15H12O2. The summed E-state index contributed by atoms with van der Waals surface area (Å²) in [6.07, 6.45) is -0.251. The molecule has 0 aliphatic carbocycles. The molecule has 1 heterocycles. The van der Waals surface area contributed by atoms with Crippen molar-refractivity contribution in [3.63, 3.8) is 0 Å². The molecule has 1 aliphatic heterocycles. The van der Waals surface area contributed by atoms with Gasteiger partial charge in [-0.05, 0) is 18.6 Å². The van der Waals surface area contributed by atoms with Crippen LogP contribution in [0, 0.1) is 6.92 Å². The summed E-state index contributed by atoms with van der Waals surface area (Å²) in [5.74, 6) is -0.230. The van der Waals surface area contributed by atoms with Gasteiger partial charge in [-0.15, -0.1) is 0 Å². The van der Waals surface area contributed by atoms with Gasteiger partial charge in [-0.25, -0.2) is 4.79 Å². The molecule has 0 saturated carbocycles. The first kappa shape index (κ1) is 10.1. The van der Waals surface area contributed by atoms with Crippen molar-refractivity contribution in [3.05, 3.63) is 70.8 Å². The highest BCUT2D eigenvalue weighted by Gasteiger charge is 2.31. The number of hydrogen-bond donors (Lipinski definition) is 0. The zero-order valence-electron chi connectivity index (χ0n) is 9.51. The number of fused-ring (bicyclic) bond motifs is 1. The smallest absolute Gasteiger partial charge is 0.339 e. The van der Waals surface area contributed by atoms with Crippen molar-refractivity contribution in [2.75, 3.05) is 0 Å². The minimum atomic E-state index is -0.251. The van der Waals surface area contributed by atoms with Gasteiger partial charge in [0.1, 0.15) is 0 Å². The molecule has 0 saturated heterocycles. The van der Waals surface area contributed by atoms with Gasteiger partial charge in [-0.1, -0.05) is 48.0 Å². The molecule has 0 unspecified atom stereocenters. The van der Waals surface area contributed by atoms with Gasteiger partial charge in [0.05, 0.1) is 5.56 Å². The van der Waals surface area contributed by atoms with E-state index in [0.717, 1.165) is 11.1 Å². The lowest BCUT2D eigenvalue weighted by atomic mass is 9.98. The lowest BCUT2D eigenvalue weighted by Gasteiger charge is -2.11. The second-order valence-corrected chi connectivity index (χ2v) is 4.29. The third-order valence-corrected chi connectivity index (χ3v) is 3.03. The lowest BCUT2D eigenvalue weighted by molar-refractivity contribution is 0.0455. The molecule has 2 aromatic rings. The van der Waals surface area contributed by atoms with Gasteiger partial charge in [-0.2, -0.15) is 0 Å². The SMILES string of the molecule is Cc1cccc([C@@H]2OC(=O)c3ccccc32)c1. The fourth-order valence-electron chi connectivity index (χ4n) is 2.23. The Hall–Kier alpha value is -2.09. The minimum Gasteiger partial charge on any atom is -0.449 e. The number of benzene rings is 2. The fourth-order valence-corrected chi connectivity index (χ4v) is 2.23. The lowest BCUT2D eigenvalue weighted by Crippen LogP contribution is -2.00. The topological polar surface area (TPSA) is 26.3 Å². The maximum Gasteiger partial charge on any atom is 0.339 e. The molecule has 1 aliphatic rings. The Bertz CT molecular complexity index is 587. The van der Waals surface area contributed by atoms with E-state index >= 15 is 0 Å². The summed E-state index contributed by atoms with van der Waals surface area (Å²) in [5.41, 5.74) is 3.84. The van der Waals surface area contributed by atoms with E-state index in [1.807, 2.05) is 49.4 Å². The molecule has 84 valence electrons. The van der Waals surface area contributed by atoms with Crippen molar-refractivity contribution >= 4 is 5.97 Å². The van der Waals surface area contributed by atoms with Crippen LogP contribution >= 0.6 is 0 Å². The van der Waals surface area contributed by atoms with E-state index in [0.29, 0.717) is 5.56 Å². The minimum absolute atomic E-state index is 0.230. The summed E-state index contributed by atoms with van der Waals surface area (Å²) >= 11 is 0. The third kappa shape index (κ3) is 1.62. The van der Waals surface area contributed by atoms with Gasteiger partial charge in [0.15, 0.2) is 6.10 Å². The summed E-state index contributed by atoms with van der Waals surface area (Å²) in [6.45, 7) is 2.03. The van der Waals surface area contributed by atoms with E-state index in [1.54, 1.807) is 0 Å². The van der Waals surface area contributed by atoms with Crippen molar-refractivity contribution in [1.82, 2.24) is 0 Å². The van der Waals surface area contributed by atoms with E-state index in [-0.39, 0.29) is 12.1 Å². The van der Waals surface area contributed by atoms with Crippen molar-refractivity contribution in [3.8, 4) is 0 Å². The summed E-state index contributed by atoms with van der Waals surface area (Å²) in [4.78, 5) is 11.7. The first-order chi connectivity index (χ1) is 8.25. The summed E-state index contributed by atoms with van der Waals surface area (Å²) in [7, 11) is 0. The average molecular weight is 224 g/mol. The second kappa shape index (κ2) is 3.74. The Morgan fingerprint density at radius 2 is 1.88 bits per heavy atom. The molecule has 0 bridgehead atoms. The van der Waals surface area contributed by atoms with E-state index in [9.17, 15) is 4.79 Å². The Labute approximate surface area is 99.9 Å². The molecule has 2 nitrogen and oxygen atoms in total. The molecule has 17 heavy (non-hydrogen) atoms. The average Bonchev–Trinajstić information content (AvgIpc) is 2.68. The highest BCUT2D eigenvalue weighted by Crippen LogP contribution is 2.35. The number of ether oxygens (including phenoxy) is 1. The molecule has 2 aromatic carbocycles. The summed E-state index contributed by atoms with van der Waals surface area (Å²) < 4.78 is 5.43. The van der Waals surface area contributed by atoms with Crippen LogP contribution in [0.15, 0.2) is 48.5 Å². The van der Waals surface area contributed by atoms with Gasteiger partial charge >= 0.3 is 5.97 Å². The second-order valence-electron chi connectivity index (χ2n) is 4.29. The van der Waals surface area contributed by atoms with Gasteiger partial charge in [0, 0.05) is 5.56 Å². The van der Waals surface area contributed by atoms with Crippen LogP contribution in [-0.4, -0.2) is 5.97 Å². The zero-order valence-corrected chi connectivity index (χ0v) is 9.51. The monoisotopic (exact) mass is 224 g/mol. The molecule has 0 N–H and O–H groups in total. The Kier molecular flexibility index (Phi) is 2.22. The van der Waals surface area contributed by atoms with Crippen molar-refractivity contribution < 1.29 is 9.53 Å². The normalized spacial score (nSPS) is 17.7. The summed E-state index contributed by atoms with van der Waals surface area (Å²) in [6, 6.07) is 15.6. The molecule has 0 spiro atoms. The number of rotatable bonds is 1. The number of aryl methyl sites for hydroxylation is 1. The molecule has 0 amide bonds. The van der Waals surface area contributed by atoms with Gasteiger partial charge in [0.25, 0.3) is 0 Å². The molecule has 1 atom stereocenters. The Balaban J connectivity index is 2.10. The van der Waals surface area contributed by atoms with E-state index in [1.165, 1.54) is 5.56 Å².